The summed E-state index contributed by atoms with van der Waals surface area (Å²) < 4.78 is 0. The molecule has 64 heavy (non-hydrogen) atoms. The van der Waals surface area contributed by atoms with E-state index in [4.69, 9.17) is 28.7 Å². The van der Waals surface area contributed by atoms with Gasteiger partial charge in [0.2, 0.25) is 29.5 Å². The Morgan fingerprint density at radius 1 is 0.500 bits per heavy atom. The normalized spacial score (nSPS) is 13.5. The molecule has 0 bridgehead atoms. The van der Waals surface area contributed by atoms with Crippen LogP contribution in [0.25, 0.3) is 0 Å². The largest absolute Gasteiger partial charge is 0.508 e. The number of phenols is 2. The molecule has 2 rings (SSSR count). The van der Waals surface area contributed by atoms with E-state index in [-0.39, 0.29) is 75.0 Å². The zero-order valence-electron chi connectivity index (χ0n) is 34.6. The van der Waals surface area contributed by atoms with Crippen molar-refractivity contribution in [2.24, 2.45) is 38.7 Å². The number of phenolic OH excluding ortho intramolecular Hbond substituents is 2. The molecule has 20 N–H and O–H groups in total. The third-order valence-corrected chi connectivity index (χ3v) is 9.17. The molecule has 25 nitrogen and oxygen atoms in total. The number of nitrogens with one attached hydrogen (secondary N) is 5. The summed E-state index contributed by atoms with van der Waals surface area (Å²) >= 11 is 0. The van der Waals surface area contributed by atoms with Crippen molar-refractivity contribution in [2.75, 3.05) is 13.1 Å². The van der Waals surface area contributed by atoms with Crippen molar-refractivity contribution in [1.82, 2.24) is 26.6 Å². The van der Waals surface area contributed by atoms with E-state index >= 15 is 0 Å². The van der Waals surface area contributed by atoms with Crippen LogP contribution in [-0.2, 0) is 51.2 Å². The van der Waals surface area contributed by atoms with Gasteiger partial charge < -0.3 is 80.8 Å². The SMILES string of the molecule is NC(N)=NCCC[C@H](NC(=O)[C@H](CCC(=O)O)NC(=O)[C@H](CC(=O)O)NC(=O)[C@H](Cc1ccc(O)cc1)NC(=O)[C@@H](N)CCCN=C(N)N)C(=O)N[C@@H](Cc1ccc(O)cc1)C(=O)O. The second-order valence-electron chi connectivity index (χ2n) is 14.4. The number of hydrogen-bond acceptors (Lipinski definition) is 13. The van der Waals surface area contributed by atoms with Crippen LogP contribution < -0.4 is 55.3 Å². The Hall–Kier alpha value is -7.70. The molecule has 0 unspecified atom stereocenters. The van der Waals surface area contributed by atoms with E-state index in [0.717, 1.165) is 0 Å². The molecule has 350 valence electrons. The minimum Gasteiger partial charge on any atom is -0.508 e. The first kappa shape index (κ1) is 52.4. The minimum atomic E-state index is -1.94. The van der Waals surface area contributed by atoms with Gasteiger partial charge in [0.15, 0.2) is 11.9 Å². The minimum absolute atomic E-state index is 0.0346. The van der Waals surface area contributed by atoms with E-state index in [1.54, 1.807) is 0 Å². The zero-order valence-corrected chi connectivity index (χ0v) is 34.6. The second kappa shape index (κ2) is 26.6. The van der Waals surface area contributed by atoms with Gasteiger partial charge in [-0.1, -0.05) is 24.3 Å². The molecule has 0 aliphatic heterocycles. The van der Waals surface area contributed by atoms with E-state index in [1.807, 2.05) is 0 Å². The van der Waals surface area contributed by atoms with Crippen molar-refractivity contribution < 1.29 is 63.9 Å². The number of amides is 5. The van der Waals surface area contributed by atoms with Crippen molar-refractivity contribution in [3.8, 4) is 11.5 Å². The summed E-state index contributed by atoms with van der Waals surface area (Å²) in [7, 11) is 0. The maximum Gasteiger partial charge on any atom is 0.326 e. The average molecular weight is 901 g/mol. The van der Waals surface area contributed by atoms with E-state index in [9.17, 15) is 63.9 Å². The monoisotopic (exact) mass is 900 g/mol. The number of aromatic hydroxyl groups is 2. The van der Waals surface area contributed by atoms with Gasteiger partial charge in [0.1, 0.15) is 41.7 Å². The summed E-state index contributed by atoms with van der Waals surface area (Å²) in [5, 5.41) is 60.1. The summed E-state index contributed by atoms with van der Waals surface area (Å²) in [5.74, 6) is -10.4. The number of carbonyl (C=O) groups is 8. The highest BCUT2D eigenvalue weighted by atomic mass is 16.4. The van der Waals surface area contributed by atoms with Crippen LogP contribution in [-0.4, -0.2) is 134 Å². The standard InChI is InChI=1S/C39H56N12O13/c40-24(3-1-15-45-38(41)42)32(58)49-27(17-20-5-9-22(52)10-6-20)35(61)50-28(19-31(56)57)36(62)48-26(13-14-30(54)55)34(60)47-25(4-2-16-46-39(43)44)33(59)51-29(37(63)64)18-21-7-11-23(53)12-8-21/h5-12,24-29,52-53H,1-4,13-19,40H2,(H,47,60)(H,48,62)(H,49,58)(H,50,61)(H,51,59)(H,54,55)(H,56,57)(H,63,64)(H4,41,42,45)(H4,43,44,46)/t24-,25-,26-,27-,28-,29-/m0/s1. The Labute approximate surface area is 366 Å². The lowest BCUT2D eigenvalue weighted by Gasteiger charge is -2.27. The van der Waals surface area contributed by atoms with Crippen LogP contribution >= 0.6 is 0 Å². The van der Waals surface area contributed by atoms with Crippen molar-refractivity contribution in [3.63, 3.8) is 0 Å². The number of aliphatic carboxylic acids is 3. The number of rotatable bonds is 28. The molecule has 0 heterocycles. The first-order valence-corrected chi connectivity index (χ1v) is 19.8. The van der Waals surface area contributed by atoms with Crippen LogP contribution in [0, 0.1) is 0 Å². The summed E-state index contributed by atoms with van der Waals surface area (Å²) in [4.78, 5) is 111. The van der Waals surface area contributed by atoms with Gasteiger partial charge in [0.05, 0.1) is 12.5 Å². The Balaban J connectivity index is 2.39. The highest BCUT2D eigenvalue weighted by molar-refractivity contribution is 5.97. The molecule has 0 aliphatic carbocycles. The fraction of sp³-hybridized carbons (Fsp3) is 0.436. The topological polar surface area (TPSA) is 453 Å². The van der Waals surface area contributed by atoms with Crippen LogP contribution in [0.5, 0.6) is 11.5 Å². The highest BCUT2D eigenvalue weighted by Crippen LogP contribution is 2.14. The lowest BCUT2D eigenvalue weighted by atomic mass is 10.0. The molecular weight excluding hydrogens is 844 g/mol. The molecular formula is C39H56N12O13. The number of carbonyl (C=O) groups excluding carboxylic acids is 5. The molecule has 0 fully saturated rings. The van der Waals surface area contributed by atoms with Gasteiger partial charge in [0.25, 0.3) is 0 Å². The Kier molecular flexibility index (Phi) is 21.8. The number of aliphatic imine (C=N–C) groups is 2. The molecule has 6 atom stereocenters. The zero-order chi connectivity index (χ0) is 47.9. The van der Waals surface area contributed by atoms with Crippen LogP contribution in [0.4, 0.5) is 0 Å². The quantitative estimate of drug-likeness (QED) is 0.0221. The van der Waals surface area contributed by atoms with Crippen LogP contribution in [0.1, 0.15) is 56.1 Å². The molecule has 0 radical (unpaired) electrons. The molecule has 25 heteroatoms. The number of guanidine groups is 2. The first-order valence-electron chi connectivity index (χ1n) is 19.8. The number of carboxylic acids is 3. The van der Waals surface area contributed by atoms with Crippen molar-refractivity contribution >= 4 is 59.4 Å². The van der Waals surface area contributed by atoms with E-state index in [2.05, 4.69) is 36.6 Å². The molecule has 0 aromatic heterocycles. The molecule has 2 aromatic carbocycles. The Morgan fingerprint density at radius 2 is 0.891 bits per heavy atom. The third-order valence-electron chi connectivity index (χ3n) is 9.17. The predicted octanol–water partition coefficient (Wildman–Crippen LogP) is -3.83. The average Bonchev–Trinajstić information content (AvgIpc) is 3.22. The highest BCUT2D eigenvalue weighted by Gasteiger charge is 2.34. The summed E-state index contributed by atoms with van der Waals surface area (Å²) in [5.41, 5.74) is 28.3. The van der Waals surface area contributed by atoms with Crippen LogP contribution in [0.2, 0.25) is 0 Å². The fourth-order valence-corrected chi connectivity index (χ4v) is 5.86. The van der Waals surface area contributed by atoms with Crippen molar-refractivity contribution in [1.29, 1.82) is 0 Å². The van der Waals surface area contributed by atoms with Crippen LogP contribution in [0.3, 0.4) is 0 Å². The maximum atomic E-state index is 13.8. The molecule has 2 aromatic rings. The number of nitrogens with two attached hydrogens (primary N) is 5. The molecule has 0 spiro atoms. The van der Waals surface area contributed by atoms with Gasteiger partial charge in [-0.25, -0.2) is 4.79 Å². The lowest BCUT2D eigenvalue weighted by Crippen LogP contribution is -2.60. The van der Waals surface area contributed by atoms with Gasteiger partial charge in [-0.2, -0.15) is 0 Å². The lowest BCUT2D eigenvalue weighted by molar-refractivity contribution is -0.142. The van der Waals surface area contributed by atoms with Gasteiger partial charge in [-0.3, -0.25) is 43.5 Å². The van der Waals surface area contributed by atoms with Gasteiger partial charge in [-0.15, -0.1) is 0 Å². The van der Waals surface area contributed by atoms with Gasteiger partial charge in [-0.05, 0) is 67.5 Å². The number of nitrogens with zero attached hydrogens (tertiary/aromatic N) is 2. The van der Waals surface area contributed by atoms with Crippen molar-refractivity contribution in [2.45, 2.75) is 94.0 Å². The summed E-state index contributed by atoms with van der Waals surface area (Å²) in [6, 6.07) is 1.57. The van der Waals surface area contributed by atoms with Gasteiger partial charge in [0, 0.05) is 32.4 Å². The third kappa shape index (κ3) is 20.2. The second-order valence-corrected chi connectivity index (χ2v) is 14.4. The Bertz CT molecular complexity index is 1990. The predicted molar refractivity (Wildman–Crippen MR) is 228 cm³/mol. The van der Waals surface area contributed by atoms with E-state index in [0.29, 0.717) is 11.1 Å². The Morgan fingerprint density at radius 3 is 1.34 bits per heavy atom. The number of carboxylic acid groups (broad SMARTS) is 3. The van der Waals surface area contributed by atoms with E-state index < -0.39 is 103 Å². The molecule has 0 aliphatic rings. The molecule has 5 amide bonds. The summed E-state index contributed by atoms with van der Waals surface area (Å²) in [6.45, 7) is 0.117. The maximum absolute atomic E-state index is 13.8. The summed E-state index contributed by atoms with van der Waals surface area (Å²) in [6.07, 6.45) is -2.67. The first-order chi connectivity index (χ1) is 30.1. The van der Waals surface area contributed by atoms with Crippen molar-refractivity contribution in [3.05, 3.63) is 59.7 Å². The smallest absolute Gasteiger partial charge is 0.326 e. The van der Waals surface area contributed by atoms with Gasteiger partial charge >= 0.3 is 17.9 Å². The number of hydrogen-bond donors (Lipinski definition) is 15. The molecule has 0 saturated carbocycles. The van der Waals surface area contributed by atoms with Crippen LogP contribution in [0.15, 0.2) is 58.5 Å². The fourth-order valence-electron chi connectivity index (χ4n) is 5.86. The molecule has 0 saturated heterocycles. The number of benzene rings is 2. The van der Waals surface area contributed by atoms with E-state index in [1.165, 1.54) is 48.5 Å².